The summed E-state index contributed by atoms with van der Waals surface area (Å²) in [6, 6.07) is 15.3. The number of benzene rings is 2. The first kappa shape index (κ1) is 12.5. The molecule has 90 valence electrons. The van der Waals surface area contributed by atoms with Crippen molar-refractivity contribution in [3.63, 3.8) is 0 Å². The molecule has 1 nitrogen and oxygen atoms in total. The Morgan fingerprint density at radius 1 is 1.06 bits per heavy atom. The maximum atomic E-state index is 9.64. The molecule has 0 radical (unpaired) electrons. The van der Waals surface area contributed by atoms with Gasteiger partial charge in [-0.2, -0.15) is 0 Å². The largest absolute Gasteiger partial charge is 0.507 e. The van der Waals surface area contributed by atoms with Crippen molar-refractivity contribution in [1.29, 1.82) is 0 Å². The van der Waals surface area contributed by atoms with Crippen LogP contribution in [0.4, 0.5) is 0 Å². The minimum atomic E-state index is 0.264. The Kier molecular flexibility index (Phi) is 3.90. The second-order valence-corrected chi connectivity index (χ2v) is 4.56. The molecule has 2 aromatic carbocycles. The molecule has 0 saturated carbocycles. The molecule has 0 amide bonds. The molecule has 2 aromatic rings. The van der Waals surface area contributed by atoms with Crippen molar-refractivity contribution in [3.8, 4) is 5.75 Å². The number of allylic oxidation sites excluding steroid dienone is 1. The zero-order chi connectivity index (χ0) is 13.0. The van der Waals surface area contributed by atoms with Gasteiger partial charge in [-0.25, -0.2) is 0 Å². The van der Waals surface area contributed by atoms with Crippen LogP contribution in [0.3, 0.4) is 0 Å². The number of rotatable bonds is 3. The minimum Gasteiger partial charge on any atom is -0.507 e. The molecule has 0 unspecified atom stereocenters. The van der Waals surface area contributed by atoms with Gasteiger partial charge in [0.1, 0.15) is 5.75 Å². The highest BCUT2D eigenvalue weighted by Gasteiger charge is 1.98. The van der Waals surface area contributed by atoms with E-state index in [1.807, 2.05) is 55.5 Å². The lowest BCUT2D eigenvalue weighted by molar-refractivity contribution is 0.474. The second kappa shape index (κ2) is 5.61. The van der Waals surface area contributed by atoms with E-state index in [0.717, 1.165) is 16.0 Å². The molecule has 0 saturated heterocycles. The van der Waals surface area contributed by atoms with Crippen molar-refractivity contribution in [2.75, 3.05) is 0 Å². The highest BCUT2D eigenvalue weighted by atomic mass is 32.1. The van der Waals surface area contributed by atoms with Gasteiger partial charge < -0.3 is 5.11 Å². The molecule has 1 N–H and O–H groups in total. The van der Waals surface area contributed by atoms with Gasteiger partial charge in [-0.15, -0.1) is 0 Å². The van der Waals surface area contributed by atoms with Crippen LogP contribution >= 0.6 is 12.2 Å². The van der Waals surface area contributed by atoms with Crippen LogP contribution in [0.25, 0.3) is 6.08 Å². The van der Waals surface area contributed by atoms with E-state index in [9.17, 15) is 5.11 Å². The third-order valence-corrected chi connectivity index (χ3v) is 3.06. The highest BCUT2D eigenvalue weighted by Crippen LogP contribution is 2.17. The van der Waals surface area contributed by atoms with E-state index in [1.165, 1.54) is 5.56 Å². The van der Waals surface area contributed by atoms with Gasteiger partial charge in [-0.3, -0.25) is 0 Å². The van der Waals surface area contributed by atoms with E-state index in [2.05, 4.69) is 0 Å². The highest BCUT2D eigenvalue weighted by molar-refractivity contribution is 7.81. The summed E-state index contributed by atoms with van der Waals surface area (Å²) in [5, 5.41) is 9.64. The van der Waals surface area contributed by atoms with Crippen molar-refractivity contribution >= 4 is 23.2 Å². The number of hydrogen-bond donors (Lipinski definition) is 1. The Morgan fingerprint density at radius 2 is 1.72 bits per heavy atom. The van der Waals surface area contributed by atoms with Gasteiger partial charge in [0.15, 0.2) is 0 Å². The monoisotopic (exact) mass is 254 g/mol. The van der Waals surface area contributed by atoms with Crippen LogP contribution in [0.15, 0.2) is 54.6 Å². The van der Waals surface area contributed by atoms with Gasteiger partial charge in [0.25, 0.3) is 0 Å². The molecule has 0 fully saturated rings. The third-order valence-electron chi connectivity index (χ3n) is 2.69. The first-order valence-electron chi connectivity index (χ1n) is 5.74. The summed E-state index contributed by atoms with van der Waals surface area (Å²) >= 11 is 5.34. The number of thiocarbonyl (C=S) groups is 1. The summed E-state index contributed by atoms with van der Waals surface area (Å²) in [4.78, 5) is 0.762. The van der Waals surface area contributed by atoms with E-state index in [1.54, 1.807) is 12.1 Å². The third kappa shape index (κ3) is 3.05. The Balaban J connectivity index is 2.17. The molecule has 0 spiro atoms. The van der Waals surface area contributed by atoms with Gasteiger partial charge in [0.2, 0.25) is 0 Å². The fourth-order valence-electron chi connectivity index (χ4n) is 1.61. The molecule has 2 rings (SSSR count). The van der Waals surface area contributed by atoms with Gasteiger partial charge in [-0.1, -0.05) is 60.2 Å². The number of hydrogen-bond acceptors (Lipinski definition) is 2. The number of aryl methyl sites for hydroxylation is 1. The molecule has 2 heteroatoms. The SMILES string of the molecule is Cc1ccc(C(=S)C=Cc2ccccc2O)cc1. The Bertz CT molecular complexity index is 582. The summed E-state index contributed by atoms with van der Waals surface area (Å²) in [5.41, 5.74) is 3.00. The molecular formula is C16H14OS. The lowest BCUT2D eigenvalue weighted by Crippen LogP contribution is -1.91. The number of phenolic OH excluding ortho intramolecular Hbond substituents is 1. The van der Waals surface area contributed by atoms with Gasteiger partial charge in [0.05, 0.1) is 0 Å². The maximum Gasteiger partial charge on any atom is 0.122 e. The second-order valence-electron chi connectivity index (χ2n) is 4.12. The van der Waals surface area contributed by atoms with E-state index in [0.29, 0.717) is 0 Å². The van der Waals surface area contributed by atoms with Crippen molar-refractivity contribution in [1.82, 2.24) is 0 Å². The van der Waals surface area contributed by atoms with Gasteiger partial charge in [-0.05, 0) is 30.7 Å². The van der Waals surface area contributed by atoms with Crippen LogP contribution in [0.1, 0.15) is 16.7 Å². The number of aromatic hydroxyl groups is 1. The van der Waals surface area contributed by atoms with Gasteiger partial charge >= 0.3 is 0 Å². The van der Waals surface area contributed by atoms with Crippen molar-refractivity contribution in [2.45, 2.75) is 6.92 Å². The molecule has 0 aliphatic carbocycles. The normalized spacial score (nSPS) is 10.7. The van der Waals surface area contributed by atoms with Gasteiger partial charge in [0, 0.05) is 10.4 Å². The fraction of sp³-hybridized carbons (Fsp3) is 0.0625. The smallest absolute Gasteiger partial charge is 0.122 e. The Labute approximate surface area is 112 Å². The molecule has 0 atom stereocenters. The summed E-state index contributed by atoms with van der Waals surface area (Å²) in [6.45, 7) is 2.05. The summed E-state index contributed by atoms with van der Waals surface area (Å²) in [6.07, 6.45) is 3.67. The predicted octanol–water partition coefficient (Wildman–Crippen LogP) is 4.13. The predicted molar refractivity (Wildman–Crippen MR) is 80.0 cm³/mol. The summed E-state index contributed by atoms with van der Waals surface area (Å²) in [5.74, 6) is 0.264. The van der Waals surface area contributed by atoms with E-state index >= 15 is 0 Å². The van der Waals surface area contributed by atoms with Crippen LogP contribution in [0, 0.1) is 6.92 Å². The van der Waals surface area contributed by atoms with Crippen LogP contribution in [0.2, 0.25) is 0 Å². The maximum absolute atomic E-state index is 9.64. The lowest BCUT2D eigenvalue weighted by Gasteiger charge is -2.00. The minimum absolute atomic E-state index is 0.264. The van der Waals surface area contributed by atoms with Crippen LogP contribution in [-0.4, -0.2) is 9.97 Å². The zero-order valence-electron chi connectivity index (χ0n) is 10.1. The van der Waals surface area contributed by atoms with Crippen LogP contribution in [-0.2, 0) is 0 Å². The lowest BCUT2D eigenvalue weighted by atomic mass is 10.1. The standard InChI is InChI=1S/C16H14OS/c1-12-6-8-14(9-7-12)16(18)11-10-13-4-2-3-5-15(13)17/h2-11,17H,1H3. The average Bonchev–Trinajstić information content (AvgIpc) is 2.38. The molecule has 0 heterocycles. The average molecular weight is 254 g/mol. The number of phenols is 1. The molecular weight excluding hydrogens is 240 g/mol. The molecule has 0 aliphatic rings. The molecule has 0 aliphatic heterocycles. The quantitative estimate of drug-likeness (QED) is 0.505. The van der Waals surface area contributed by atoms with E-state index in [-0.39, 0.29) is 5.75 Å². The van der Waals surface area contributed by atoms with Crippen molar-refractivity contribution < 1.29 is 5.11 Å². The topological polar surface area (TPSA) is 20.2 Å². The Morgan fingerprint density at radius 3 is 2.39 bits per heavy atom. The van der Waals surface area contributed by atoms with E-state index < -0.39 is 0 Å². The zero-order valence-corrected chi connectivity index (χ0v) is 10.9. The van der Waals surface area contributed by atoms with Crippen molar-refractivity contribution in [3.05, 3.63) is 71.3 Å². The summed E-state index contributed by atoms with van der Waals surface area (Å²) in [7, 11) is 0. The van der Waals surface area contributed by atoms with Crippen LogP contribution in [0.5, 0.6) is 5.75 Å². The molecule has 0 aromatic heterocycles. The molecule has 18 heavy (non-hydrogen) atoms. The summed E-state index contributed by atoms with van der Waals surface area (Å²) < 4.78 is 0. The Hall–Kier alpha value is -1.93. The van der Waals surface area contributed by atoms with E-state index in [4.69, 9.17) is 12.2 Å². The number of para-hydroxylation sites is 1. The molecule has 0 bridgehead atoms. The van der Waals surface area contributed by atoms with Crippen LogP contribution < -0.4 is 0 Å². The fourth-order valence-corrected chi connectivity index (χ4v) is 1.81. The first-order chi connectivity index (χ1) is 8.66. The first-order valence-corrected chi connectivity index (χ1v) is 6.15. The van der Waals surface area contributed by atoms with Crippen molar-refractivity contribution in [2.24, 2.45) is 0 Å².